The zero-order valence-electron chi connectivity index (χ0n) is 29.7. The Kier molecular flexibility index (Phi) is 7.76. The van der Waals surface area contributed by atoms with E-state index in [-0.39, 0.29) is 32.4 Å². The van der Waals surface area contributed by atoms with E-state index in [0.29, 0.717) is 50.5 Å². The van der Waals surface area contributed by atoms with Crippen molar-refractivity contribution in [3.8, 4) is 45.2 Å². The number of para-hydroxylation sites is 2. The maximum atomic E-state index is 12.1. The van der Waals surface area contributed by atoms with Crippen LogP contribution in [0.2, 0.25) is 0 Å². The van der Waals surface area contributed by atoms with Crippen LogP contribution in [0.5, 0.6) is 5.75 Å². The zero-order valence-corrected chi connectivity index (χ0v) is 29.0. The van der Waals surface area contributed by atoms with Crippen molar-refractivity contribution in [2.24, 2.45) is 0 Å². The third-order valence-electron chi connectivity index (χ3n) is 7.98. The maximum absolute atomic E-state index is 12.1. The molecule has 2 aromatic heterocycles. The summed E-state index contributed by atoms with van der Waals surface area (Å²) in [6.45, 7) is 18.0. The van der Waals surface area contributed by atoms with E-state index in [2.05, 4.69) is 36.7 Å². The smallest absolute Gasteiger partial charge is 0.198 e. The van der Waals surface area contributed by atoms with Gasteiger partial charge >= 0.3 is 0 Å². The molecule has 0 amide bonds. The van der Waals surface area contributed by atoms with Crippen LogP contribution in [-0.4, -0.2) is 19.6 Å². The van der Waals surface area contributed by atoms with Crippen LogP contribution in [0.1, 0.15) is 62.3 Å². The molecular formula is C40H37N4OPt-. The van der Waals surface area contributed by atoms with E-state index >= 15 is 0 Å². The molecule has 0 aliphatic carbocycles. The van der Waals surface area contributed by atoms with Gasteiger partial charge in [0, 0.05) is 48.3 Å². The number of rotatable bonds is 4. The van der Waals surface area contributed by atoms with Gasteiger partial charge in [0.25, 0.3) is 0 Å². The Hall–Kier alpha value is -4.52. The van der Waals surface area contributed by atoms with Crippen LogP contribution in [-0.2, 0) is 31.9 Å². The Morgan fingerprint density at radius 1 is 0.848 bits per heavy atom. The molecule has 46 heavy (non-hydrogen) atoms. The van der Waals surface area contributed by atoms with Gasteiger partial charge in [0.05, 0.1) is 23.2 Å². The Bertz CT molecular complexity index is 2210. The van der Waals surface area contributed by atoms with Crippen molar-refractivity contribution in [3.63, 3.8) is 0 Å². The minimum atomic E-state index is -2.36. The molecule has 0 radical (unpaired) electrons. The molecule has 0 saturated heterocycles. The van der Waals surface area contributed by atoms with Crippen molar-refractivity contribution in [3.05, 3.63) is 125 Å². The number of hydrogen-bond donors (Lipinski definition) is 1. The summed E-state index contributed by atoms with van der Waals surface area (Å²) in [5.41, 5.74) is 6.26. The maximum Gasteiger partial charge on any atom is 0.198 e. The standard InChI is InChI=1S/C40H37N4O.Pt/c1-25-21-26(23-27(22-25)32-18-12-13-20-42-32)29-17-14-19-33-35(29)43-38(44(33)28-15-10-9-11-16-28)30-24-31(39(2,3)4)36(41-8)34(37(30)45)40(5,6)7;/h9-22,24,45H,1-7H3;/q-1;/i1D3;. The second-order valence-corrected chi connectivity index (χ2v) is 13.3. The molecule has 0 aliphatic rings. The summed E-state index contributed by atoms with van der Waals surface area (Å²) < 4.78 is 26.7. The quantitative estimate of drug-likeness (QED) is 0.181. The molecule has 0 saturated carbocycles. The molecule has 6 aromatic rings. The van der Waals surface area contributed by atoms with Gasteiger partial charge in [0.2, 0.25) is 0 Å². The molecule has 6 heteroatoms. The number of phenols is 1. The predicted molar refractivity (Wildman–Crippen MR) is 184 cm³/mol. The third-order valence-corrected chi connectivity index (χ3v) is 7.98. The molecule has 0 aliphatic heterocycles. The van der Waals surface area contributed by atoms with Gasteiger partial charge in [-0.1, -0.05) is 108 Å². The largest absolute Gasteiger partial charge is 0.508 e. The second-order valence-electron chi connectivity index (χ2n) is 13.3. The fraction of sp³-hybridized carbons (Fsp3) is 0.225. The van der Waals surface area contributed by atoms with Crippen LogP contribution in [0.25, 0.3) is 55.3 Å². The van der Waals surface area contributed by atoms with E-state index in [1.165, 1.54) is 0 Å². The average molecular weight is 788 g/mol. The first-order valence-corrected chi connectivity index (χ1v) is 14.9. The summed E-state index contributed by atoms with van der Waals surface area (Å²) in [6, 6.07) is 29.7. The molecular weight excluding hydrogens is 748 g/mol. The predicted octanol–water partition coefficient (Wildman–Crippen LogP) is 10.4. The van der Waals surface area contributed by atoms with Crippen molar-refractivity contribution in [2.45, 2.75) is 59.2 Å². The Balaban J connectivity index is 0.00000468. The van der Waals surface area contributed by atoms with Gasteiger partial charge < -0.3 is 5.11 Å². The zero-order chi connectivity index (χ0) is 34.6. The van der Waals surface area contributed by atoms with Crippen molar-refractivity contribution < 1.29 is 30.3 Å². The van der Waals surface area contributed by atoms with Gasteiger partial charge in [0.1, 0.15) is 11.6 Å². The Morgan fingerprint density at radius 3 is 2.20 bits per heavy atom. The van der Waals surface area contributed by atoms with E-state index < -0.39 is 17.7 Å². The molecule has 6 rings (SSSR count). The molecule has 0 unspecified atom stereocenters. The van der Waals surface area contributed by atoms with Crippen molar-refractivity contribution in [1.82, 2.24) is 14.5 Å². The number of aromatic nitrogens is 3. The number of nitrogens with zero attached hydrogens (tertiary/aromatic N) is 4. The van der Waals surface area contributed by atoms with Crippen molar-refractivity contribution in [2.75, 3.05) is 0 Å². The van der Waals surface area contributed by atoms with Crippen LogP contribution in [0.3, 0.4) is 0 Å². The molecule has 0 bridgehead atoms. The van der Waals surface area contributed by atoms with Crippen LogP contribution in [0, 0.1) is 19.5 Å². The van der Waals surface area contributed by atoms with Gasteiger partial charge in [-0.05, 0) is 40.7 Å². The van der Waals surface area contributed by atoms with Gasteiger partial charge in [-0.25, -0.2) is 9.83 Å². The molecule has 0 atom stereocenters. The molecule has 2 heterocycles. The fourth-order valence-electron chi connectivity index (χ4n) is 5.94. The number of aromatic hydroxyl groups is 1. The SMILES string of the molecule is [2H]C([2H])([2H])c1cc(-c2ccccn2)[c-]c(-c2cccc3c2nc(-c2cc(C(C)(C)C)c([N+]#[C-])c(C(C)(C)C)c2O)n3-c2ccccc2)c1.[Pt]. The van der Waals surface area contributed by atoms with E-state index in [1.807, 2.05) is 98.1 Å². The fourth-order valence-corrected chi connectivity index (χ4v) is 5.94. The van der Waals surface area contributed by atoms with E-state index in [4.69, 9.17) is 15.7 Å². The van der Waals surface area contributed by atoms with Crippen LogP contribution in [0.4, 0.5) is 5.69 Å². The number of benzene rings is 4. The van der Waals surface area contributed by atoms with Gasteiger partial charge in [-0.15, -0.1) is 29.3 Å². The van der Waals surface area contributed by atoms with E-state index in [9.17, 15) is 5.11 Å². The summed E-state index contributed by atoms with van der Waals surface area (Å²) in [5, 5.41) is 12.1. The number of imidazole rings is 1. The first kappa shape index (κ1) is 28.9. The third kappa shape index (κ3) is 5.91. The average Bonchev–Trinajstić information content (AvgIpc) is 3.43. The molecule has 1 N–H and O–H groups in total. The van der Waals surface area contributed by atoms with Gasteiger partial charge in [0.15, 0.2) is 5.69 Å². The molecule has 234 valence electrons. The van der Waals surface area contributed by atoms with Gasteiger partial charge in [-0.2, -0.15) is 0 Å². The summed E-state index contributed by atoms with van der Waals surface area (Å²) in [4.78, 5) is 13.6. The number of pyridine rings is 1. The number of fused-ring (bicyclic) bond motifs is 1. The van der Waals surface area contributed by atoms with Crippen LogP contribution in [0.15, 0.2) is 91.1 Å². The Labute approximate surface area is 290 Å². The summed E-state index contributed by atoms with van der Waals surface area (Å²) >= 11 is 0. The topological polar surface area (TPSA) is 55.3 Å². The Morgan fingerprint density at radius 2 is 1.57 bits per heavy atom. The molecule has 5 nitrogen and oxygen atoms in total. The number of hydrogen-bond acceptors (Lipinski definition) is 3. The number of aryl methyl sites for hydroxylation is 1. The molecule has 0 spiro atoms. The first-order valence-electron chi connectivity index (χ1n) is 16.4. The monoisotopic (exact) mass is 787 g/mol. The van der Waals surface area contributed by atoms with Crippen molar-refractivity contribution >= 4 is 16.7 Å². The van der Waals surface area contributed by atoms with Crippen molar-refractivity contribution in [1.29, 1.82) is 0 Å². The summed E-state index contributed by atoms with van der Waals surface area (Å²) in [5.74, 6) is 0.523. The van der Waals surface area contributed by atoms with E-state index in [0.717, 1.165) is 16.8 Å². The van der Waals surface area contributed by atoms with Crippen LogP contribution >= 0.6 is 0 Å². The second kappa shape index (κ2) is 12.3. The van der Waals surface area contributed by atoms with Crippen LogP contribution < -0.4 is 0 Å². The molecule has 0 fully saturated rings. The summed E-state index contributed by atoms with van der Waals surface area (Å²) in [7, 11) is 0. The number of phenolic OH excluding ortho intramolecular Hbond substituents is 1. The minimum absolute atomic E-state index is 0. The first-order chi connectivity index (χ1) is 22.6. The summed E-state index contributed by atoms with van der Waals surface area (Å²) in [6.07, 6.45) is 1.67. The van der Waals surface area contributed by atoms with Gasteiger partial charge in [-0.3, -0.25) is 9.55 Å². The minimum Gasteiger partial charge on any atom is -0.508 e. The normalized spacial score (nSPS) is 12.9. The molecule has 4 aromatic carbocycles. The van der Waals surface area contributed by atoms with E-state index in [1.54, 1.807) is 18.3 Å².